The highest BCUT2D eigenvalue weighted by Gasteiger charge is 2.63. The number of oxime groups is 1. The first-order valence-electron chi connectivity index (χ1n) is 10.7. The number of nitrogens with one attached hydrogen (secondary N) is 1. The van der Waals surface area contributed by atoms with Gasteiger partial charge in [-0.15, -0.1) is 0 Å². The molecule has 8 nitrogen and oxygen atoms in total. The van der Waals surface area contributed by atoms with Crippen LogP contribution in [-0.2, 0) is 15.2 Å². The molecule has 0 radical (unpaired) electrons. The summed E-state index contributed by atoms with van der Waals surface area (Å²) < 4.78 is 16.3. The summed E-state index contributed by atoms with van der Waals surface area (Å²) in [6, 6.07) is 17.0. The van der Waals surface area contributed by atoms with Crippen molar-refractivity contribution in [3.05, 3.63) is 82.4 Å². The molecule has 0 aromatic heterocycles. The van der Waals surface area contributed by atoms with E-state index < -0.39 is 23.2 Å². The molecular weight excluding hydrogens is 472 g/mol. The first kappa shape index (κ1) is 22.7. The normalized spacial score (nSPS) is 20.1. The van der Waals surface area contributed by atoms with Gasteiger partial charge in [-0.2, -0.15) is 0 Å². The van der Waals surface area contributed by atoms with Gasteiger partial charge >= 0.3 is 0 Å². The van der Waals surface area contributed by atoms with Gasteiger partial charge in [0.05, 0.1) is 21.3 Å². The van der Waals surface area contributed by atoms with Crippen molar-refractivity contribution in [1.82, 2.24) is 0 Å². The number of Topliss-reactive ketones (excluding diaryl/α,β-unsaturated/α-hetero) is 1. The minimum absolute atomic E-state index is 0.244. The number of para-hydroxylation sites is 1. The van der Waals surface area contributed by atoms with E-state index in [1.165, 1.54) is 21.3 Å². The van der Waals surface area contributed by atoms with Crippen molar-refractivity contribution in [2.24, 2.45) is 11.1 Å². The van der Waals surface area contributed by atoms with E-state index in [-0.39, 0.29) is 5.56 Å². The molecule has 35 heavy (non-hydrogen) atoms. The Morgan fingerprint density at radius 1 is 1.00 bits per heavy atom. The summed E-state index contributed by atoms with van der Waals surface area (Å²) in [5, 5.41) is 7.63. The molecule has 9 heteroatoms. The largest absolute Gasteiger partial charge is 0.493 e. The number of ether oxygens (including phenoxy) is 3. The van der Waals surface area contributed by atoms with Crippen LogP contribution in [-0.4, -0.2) is 38.7 Å². The highest BCUT2D eigenvalue weighted by Crippen LogP contribution is 2.50. The Bertz CT molecular complexity index is 1350. The van der Waals surface area contributed by atoms with Crippen molar-refractivity contribution in [1.29, 1.82) is 0 Å². The van der Waals surface area contributed by atoms with E-state index in [9.17, 15) is 9.59 Å². The van der Waals surface area contributed by atoms with Gasteiger partial charge in [-0.05, 0) is 30.3 Å². The van der Waals surface area contributed by atoms with Gasteiger partial charge in [-0.25, -0.2) is 0 Å². The molecule has 1 spiro atoms. The molecule has 5 rings (SSSR count). The topological polar surface area (TPSA) is 95.5 Å². The monoisotopic (exact) mass is 492 g/mol. The lowest BCUT2D eigenvalue weighted by atomic mass is 9.74. The molecule has 0 bridgehead atoms. The molecule has 2 atom stereocenters. The van der Waals surface area contributed by atoms with Crippen molar-refractivity contribution in [2.45, 2.75) is 5.60 Å². The third-order valence-corrected chi connectivity index (χ3v) is 6.48. The third-order valence-electron chi connectivity index (χ3n) is 6.23. The van der Waals surface area contributed by atoms with Crippen molar-refractivity contribution in [2.75, 3.05) is 26.6 Å². The maximum atomic E-state index is 14.2. The van der Waals surface area contributed by atoms with Crippen LogP contribution in [0.15, 0.2) is 65.8 Å². The average molecular weight is 493 g/mol. The van der Waals surface area contributed by atoms with E-state index in [2.05, 4.69) is 10.5 Å². The zero-order valence-electron chi connectivity index (χ0n) is 19.1. The second-order valence-corrected chi connectivity index (χ2v) is 8.46. The van der Waals surface area contributed by atoms with Gasteiger partial charge in [0.15, 0.2) is 17.3 Å². The fourth-order valence-corrected chi connectivity index (χ4v) is 4.71. The van der Waals surface area contributed by atoms with E-state index >= 15 is 0 Å². The highest BCUT2D eigenvalue weighted by atomic mass is 35.5. The molecule has 3 aromatic carbocycles. The van der Waals surface area contributed by atoms with E-state index in [0.717, 1.165) is 0 Å². The predicted octanol–water partition coefficient (Wildman–Crippen LogP) is 4.45. The molecule has 2 aliphatic rings. The number of hydrogen-bond acceptors (Lipinski definition) is 7. The van der Waals surface area contributed by atoms with E-state index in [4.69, 9.17) is 30.6 Å². The van der Waals surface area contributed by atoms with Crippen LogP contribution >= 0.6 is 11.6 Å². The van der Waals surface area contributed by atoms with Crippen LogP contribution in [0.5, 0.6) is 17.2 Å². The molecular formula is C26H21ClN2O6. The summed E-state index contributed by atoms with van der Waals surface area (Å²) in [6.45, 7) is 0. The lowest BCUT2D eigenvalue weighted by molar-refractivity contribution is -0.140. The van der Waals surface area contributed by atoms with Crippen molar-refractivity contribution < 1.29 is 28.6 Å². The van der Waals surface area contributed by atoms with Gasteiger partial charge < -0.3 is 24.4 Å². The molecule has 0 saturated carbocycles. The predicted molar refractivity (Wildman–Crippen MR) is 130 cm³/mol. The van der Waals surface area contributed by atoms with Crippen LogP contribution in [0.1, 0.15) is 21.5 Å². The molecule has 0 fully saturated rings. The zero-order valence-corrected chi connectivity index (χ0v) is 19.9. The number of benzene rings is 3. The molecule has 2 aliphatic heterocycles. The van der Waals surface area contributed by atoms with E-state index in [1.807, 2.05) is 0 Å². The van der Waals surface area contributed by atoms with Crippen LogP contribution in [0.25, 0.3) is 0 Å². The number of fused-ring (bicyclic) bond motifs is 2. The smallest absolute Gasteiger partial charge is 0.277 e. The Balaban J connectivity index is 1.70. The maximum Gasteiger partial charge on any atom is 0.277 e. The molecule has 178 valence electrons. The fraction of sp³-hybridized carbons (Fsp3) is 0.192. The minimum Gasteiger partial charge on any atom is -0.493 e. The molecule has 1 N–H and O–H groups in total. The summed E-state index contributed by atoms with van der Waals surface area (Å²) in [5.41, 5.74) is 0.578. The first-order valence-corrected chi connectivity index (χ1v) is 11.1. The lowest BCUT2D eigenvalue weighted by Crippen LogP contribution is -2.46. The summed E-state index contributed by atoms with van der Waals surface area (Å²) >= 11 is 6.08. The number of carbonyl (C=O) groups excluding carboxylic acids is 2. The van der Waals surface area contributed by atoms with Crippen molar-refractivity contribution in [3.8, 4) is 17.2 Å². The van der Waals surface area contributed by atoms with Crippen LogP contribution in [0.2, 0.25) is 5.02 Å². The third kappa shape index (κ3) is 3.40. The molecule has 0 aliphatic carbocycles. The maximum absolute atomic E-state index is 14.2. The Labute approximate surface area is 206 Å². The number of hydrogen-bond donors (Lipinski definition) is 1. The number of amides is 1. The van der Waals surface area contributed by atoms with E-state index in [0.29, 0.717) is 44.8 Å². The van der Waals surface area contributed by atoms with Gasteiger partial charge in [0.1, 0.15) is 11.6 Å². The van der Waals surface area contributed by atoms with Gasteiger partial charge in [0, 0.05) is 27.4 Å². The SMILES string of the molecule is COc1cc(C(=O)[C@H]2C(c3ccc(Cl)cc3)=NO[C@]23C(=O)Nc2ccccc23)cc(OC)c1OC. The zero-order chi connectivity index (χ0) is 24.7. The minimum atomic E-state index is -1.68. The average Bonchev–Trinajstić information content (AvgIpc) is 3.42. The number of ketones is 1. The second-order valence-electron chi connectivity index (χ2n) is 8.02. The molecule has 1 amide bonds. The quantitative estimate of drug-likeness (QED) is 0.511. The van der Waals surface area contributed by atoms with Gasteiger partial charge in [0.2, 0.25) is 5.75 Å². The van der Waals surface area contributed by atoms with Crippen molar-refractivity contribution in [3.63, 3.8) is 0 Å². The Kier molecular flexibility index (Phi) is 5.61. The first-order chi connectivity index (χ1) is 16.9. The van der Waals surface area contributed by atoms with Gasteiger partial charge in [0.25, 0.3) is 11.5 Å². The molecule has 2 heterocycles. The summed E-state index contributed by atoms with van der Waals surface area (Å²) in [4.78, 5) is 33.5. The number of rotatable bonds is 6. The summed E-state index contributed by atoms with van der Waals surface area (Å²) in [5.74, 6) is -1.01. The Hall–Kier alpha value is -4.04. The molecule has 0 saturated heterocycles. The number of nitrogens with zero attached hydrogens (tertiary/aromatic N) is 1. The van der Waals surface area contributed by atoms with Gasteiger partial charge in [-0.1, -0.05) is 47.1 Å². The van der Waals surface area contributed by atoms with Crippen LogP contribution < -0.4 is 19.5 Å². The highest BCUT2D eigenvalue weighted by molar-refractivity contribution is 6.31. The number of anilines is 1. The standard InChI is InChI=1S/C26H21ClN2O6/c1-32-19-12-15(13-20(33-2)24(19)34-3)23(30)21-22(14-8-10-16(27)11-9-14)29-35-26(21)17-6-4-5-7-18(17)28-25(26)31/h4-13,21H,1-3H3,(H,28,31)/t21-,26+/m1/s1. The van der Waals surface area contributed by atoms with Crippen LogP contribution in [0.4, 0.5) is 5.69 Å². The number of halogens is 1. The van der Waals surface area contributed by atoms with E-state index in [1.54, 1.807) is 60.7 Å². The molecule has 3 aromatic rings. The Morgan fingerprint density at radius 3 is 2.29 bits per heavy atom. The van der Waals surface area contributed by atoms with Crippen LogP contribution in [0, 0.1) is 5.92 Å². The van der Waals surface area contributed by atoms with Crippen molar-refractivity contribution >= 4 is 34.7 Å². The Morgan fingerprint density at radius 2 is 1.66 bits per heavy atom. The van der Waals surface area contributed by atoms with Gasteiger partial charge in [-0.3, -0.25) is 9.59 Å². The lowest BCUT2D eigenvalue weighted by Gasteiger charge is -2.27. The number of carbonyl (C=O) groups is 2. The summed E-state index contributed by atoms with van der Waals surface area (Å²) in [7, 11) is 4.41. The second kappa shape index (κ2) is 8.63. The number of methoxy groups -OCH3 is 3. The summed E-state index contributed by atoms with van der Waals surface area (Å²) in [6.07, 6.45) is 0. The molecule has 0 unspecified atom stereocenters. The van der Waals surface area contributed by atoms with Crippen LogP contribution in [0.3, 0.4) is 0 Å². The fourth-order valence-electron chi connectivity index (χ4n) is 4.59.